The summed E-state index contributed by atoms with van der Waals surface area (Å²) in [7, 11) is 0. The van der Waals surface area contributed by atoms with Crippen molar-refractivity contribution in [2.75, 3.05) is 0 Å². The fraction of sp³-hybridized carbons (Fsp3) is 0. The first-order chi connectivity index (χ1) is 26.2. The summed E-state index contributed by atoms with van der Waals surface area (Å²) in [5.41, 5.74) is 9.96. The molecule has 2 aromatic heterocycles. The highest BCUT2D eigenvalue weighted by Crippen LogP contribution is 2.40. The van der Waals surface area contributed by atoms with Crippen LogP contribution < -0.4 is 0 Å². The summed E-state index contributed by atoms with van der Waals surface area (Å²) in [4.78, 5) is 14.9. The molecule has 0 saturated carbocycles. The van der Waals surface area contributed by atoms with Crippen LogP contribution in [0.15, 0.2) is 188 Å². The molecule has 0 aliphatic heterocycles. The highest BCUT2D eigenvalue weighted by Gasteiger charge is 2.14. The minimum atomic E-state index is 0.644. The molecule has 0 atom stereocenters. The minimum absolute atomic E-state index is 0.644. The molecule has 248 valence electrons. The molecule has 0 N–H and O–H groups in total. The lowest BCUT2D eigenvalue weighted by atomic mass is 9.98. The molecule has 0 spiro atoms. The lowest BCUT2D eigenvalue weighted by molar-refractivity contribution is 1.07. The lowest BCUT2D eigenvalue weighted by Crippen LogP contribution is -2.00. The van der Waals surface area contributed by atoms with E-state index in [2.05, 4.69) is 158 Å². The maximum Gasteiger partial charge on any atom is 0.164 e. The molecule has 0 bridgehead atoms. The number of nitrogens with zero attached hydrogens (tertiary/aromatic N) is 3. The van der Waals surface area contributed by atoms with E-state index in [0.29, 0.717) is 17.5 Å². The molecule has 0 saturated heterocycles. The number of hydrogen-bond donors (Lipinski definition) is 0. The van der Waals surface area contributed by atoms with E-state index in [9.17, 15) is 0 Å². The normalized spacial score (nSPS) is 11.4. The molecule has 8 aromatic carbocycles. The Morgan fingerprint density at radius 1 is 0.302 bits per heavy atom. The van der Waals surface area contributed by atoms with Crippen molar-refractivity contribution in [3.8, 4) is 67.5 Å². The number of benzene rings is 8. The summed E-state index contributed by atoms with van der Waals surface area (Å²) in [6.45, 7) is 0. The van der Waals surface area contributed by atoms with Gasteiger partial charge in [-0.3, -0.25) is 0 Å². The van der Waals surface area contributed by atoms with Gasteiger partial charge < -0.3 is 0 Å². The summed E-state index contributed by atoms with van der Waals surface area (Å²) in [5.74, 6) is 1.94. The summed E-state index contributed by atoms with van der Waals surface area (Å²) in [6, 6.07) is 66.4. The van der Waals surface area contributed by atoms with Gasteiger partial charge in [-0.2, -0.15) is 0 Å². The van der Waals surface area contributed by atoms with Crippen LogP contribution in [-0.4, -0.2) is 15.0 Å². The third kappa shape index (κ3) is 5.85. The predicted molar refractivity (Wildman–Crippen MR) is 223 cm³/mol. The standard InChI is InChI=1S/C49H31N3S/c1-2-10-37(11-3-1)47-50-48(52-49(51-47)39-28-21-35(22-29-39)41-30-23-32-9-4-5-12-40(32)31-41)38-26-19-34(20-27-38)33-17-24-36(25-18-33)42-14-8-15-44-43-13-6-7-16-45(43)53-46(42)44/h1-31H. The Morgan fingerprint density at radius 3 is 1.43 bits per heavy atom. The first kappa shape index (κ1) is 31.0. The first-order valence-electron chi connectivity index (χ1n) is 17.8. The number of aromatic nitrogens is 3. The molecule has 0 unspecified atom stereocenters. The summed E-state index contributed by atoms with van der Waals surface area (Å²) >= 11 is 1.87. The third-order valence-corrected chi connectivity index (χ3v) is 11.2. The van der Waals surface area contributed by atoms with Gasteiger partial charge in [-0.05, 0) is 56.3 Å². The van der Waals surface area contributed by atoms with Gasteiger partial charge in [-0.15, -0.1) is 11.3 Å². The average molecular weight is 694 g/mol. The molecule has 0 radical (unpaired) electrons. The second-order valence-corrected chi connectivity index (χ2v) is 14.3. The van der Waals surface area contributed by atoms with Crippen LogP contribution in [0.2, 0.25) is 0 Å². The van der Waals surface area contributed by atoms with E-state index in [1.165, 1.54) is 47.6 Å². The van der Waals surface area contributed by atoms with Gasteiger partial charge in [0.25, 0.3) is 0 Å². The van der Waals surface area contributed by atoms with Crippen LogP contribution in [0.1, 0.15) is 0 Å². The Bertz CT molecular complexity index is 2910. The minimum Gasteiger partial charge on any atom is -0.208 e. The third-order valence-electron chi connectivity index (χ3n) is 9.97. The number of fused-ring (bicyclic) bond motifs is 4. The van der Waals surface area contributed by atoms with Gasteiger partial charge >= 0.3 is 0 Å². The largest absolute Gasteiger partial charge is 0.208 e. The Kier molecular flexibility index (Phi) is 7.67. The number of rotatable bonds is 6. The fourth-order valence-corrected chi connectivity index (χ4v) is 8.40. The molecule has 0 aliphatic rings. The molecule has 53 heavy (non-hydrogen) atoms. The highest BCUT2D eigenvalue weighted by molar-refractivity contribution is 7.26. The maximum absolute atomic E-state index is 5.01. The van der Waals surface area contributed by atoms with Crippen molar-refractivity contribution in [2.24, 2.45) is 0 Å². The van der Waals surface area contributed by atoms with E-state index in [1.54, 1.807) is 0 Å². The molecule has 0 aliphatic carbocycles. The SMILES string of the molecule is c1ccc(-c2nc(-c3ccc(-c4ccc(-c5cccc6c5sc5ccccc56)cc4)cc3)nc(-c3ccc(-c4ccc5ccccc5c4)cc3)n2)cc1. The van der Waals surface area contributed by atoms with Crippen LogP contribution in [0.25, 0.3) is 98.5 Å². The van der Waals surface area contributed by atoms with Crippen molar-refractivity contribution < 1.29 is 0 Å². The smallest absolute Gasteiger partial charge is 0.164 e. The topological polar surface area (TPSA) is 38.7 Å². The second kappa shape index (κ2) is 13.1. The Labute approximate surface area is 311 Å². The van der Waals surface area contributed by atoms with Crippen LogP contribution in [0, 0.1) is 0 Å². The predicted octanol–water partition coefficient (Wildman–Crippen LogP) is 13.4. The van der Waals surface area contributed by atoms with Crippen LogP contribution >= 0.6 is 11.3 Å². The zero-order valence-corrected chi connectivity index (χ0v) is 29.5. The van der Waals surface area contributed by atoms with E-state index in [-0.39, 0.29) is 0 Å². The van der Waals surface area contributed by atoms with Crippen molar-refractivity contribution in [1.29, 1.82) is 0 Å². The molecule has 10 aromatic rings. The van der Waals surface area contributed by atoms with Gasteiger partial charge in [-0.25, -0.2) is 15.0 Å². The quantitative estimate of drug-likeness (QED) is 0.174. The molecule has 0 amide bonds. The Morgan fingerprint density at radius 2 is 0.774 bits per heavy atom. The Balaban J connectivity index is 0.962. The number of hydrogen-bond acceptors (Lipinski definition) is 4. The maximum atomic E-state index is 5.01. The van der Waals surface area contributed by atoms with E-state index < -0.39 is 0 Å². The van der Waals surface area contributed by atoms with E-state index >= 15 is 0 Å². The van der Waals surface area contributed by atoms with Crippen molar-refractivity contribution in [1.82, 2.24) is 15.0 Å². The average Bonchev–Trinajstić information content (AvgIpc) is 3.63. The van der Waals surface area contributed by atoms with Gasteiger partial charge in [0.1, 0.15) is 0 Å². The van der Waals surface area contributed by atoms with Gasteiger partial charge in [0.05, 0.1) is 0 Å². The van der Waals surface area contributed by atoms with Crippen molar-refractivity contribution in [2.45, 2.75) is 0 Å². The summed E-state index contributed by atoms with van der Waals surface area (Å²) in [6.07, 6.45) is 0. The monoisotopic (exact) mass is 693 g/mol. The van der Waals surface area contributed by atoms with Crippen molar-refractivity contribution in [3.63, 3.8) is 0 Å². The van der Waals surface area contributed by atoms with E-state index in [4.69, 9.17) is 15.0 Å². The second-order valence-electron chi connectivity index (χ2n) is 13.2. The van der Waals surface area contributed by atoms with E-state index in [1.807, 2.05) is 41.7 Å². The molecule has 10 rings (SSSR count). The first-order valence-corrected chi connectivity index (χ1v) is 18.6. The van der Waals surface area contributed by atoms with Gasteiger partial charge in [-0.1, -0.05) is 176 Å². The molecule has 2 heterocycles. The van der Waals surface area contributed by atoms with E-state index in [0.717, 1.165) is 33.4 Å². The van der Waals surface area contributed by atoms with Crippen LogP contribution in [0.3, 0.4) is 0 Å². The van der Waals surface area contributed by atoms with Crippen molar-refractivity contribution in [3.05, 3.63) is 188 Å². The molecular weight excluding hydrogens is 663 g/mol. The summed E-state index contributed by atoms with van der Waals surface area (Å²) < 4.78 is 2.65. The molecule has 3 nitrogen and oxygen atoms in total. The molecule has 4 heteroatoms. The number of thiophene rings is 1. The molecular formula is C49H31N3S. The van der Waals surface area contributed by atoms with Gasteiger partial charge in [0, 0.05) is 36.9 Å². The summed E-state index contributed by atoms with van der Waals surface area (Å²) in [5, 5.41) is 5.11. The fourth-order valence-electron chi connectivity index (χ4n) is 7.16. The lowest BCUT2D eigenvalue weighted by Gasteiger charge is -2.10. The molecule has 0 fully saturated rings. The van der Waals surface area contributed by atoms with Gasteiger partial charge in [0.2, 0.25) is 0 Å². The van der Waals surface area contributed by atoms with Crippen molar-refractivity contribution >= 4 is 42.3 Å². The van der Waals surface area contributed by atoms with Crippen LogP contribution in [0.5, 0.6) is 0 Å². The van der Waals surface area contributed by atoms with Gasteiger partial charge in [0.15, 0.2) is 17.5 Å². The highest BCUT2D eigenvalue weighted by atomic mass is 32.1. The zero-order valence-electron chi connectivity index (χ0n) is 28.6. The van der Waals surface area contributed by atoms with Crippen LogP contribution in [0.4, 0.5) is 0 Å². The van der Waals surface area contributed by atoms with Crippen LogP contribution in [-0.2, 0) is 0 Å². The Hall–Kier alpha value is -6.75. The zero-order chi connectivity index (χ0) is 35.1.